The molecule has 19 heavy (non-hydrogen) atoms. The van der Waals surface area contributed by atoms with Crippen molar-refractivity contribution in [3.05, 3.63) is 29.8 Å². The molecule has 1 N–H and O–H groups in total. The molecule has 0 amide bonds. The van der Waals surface area contributed by atoms with E-state index >= 15 is 0 Å². The molecule has 1 fully saturated rings. The second-order valence-corrected chi connectivity index (χ2v) is 5.48. The number of aliphatic hydroxyl groups is 1. The van der Waals surface area contributed by atoms with E-state index < -0.39 is 12.0 Å². The van der Waals surface area contributed by atoms with Crippen molar-refractivity contribution in [3.8, 4) is 5.75 Å². The van der Waals surface area contributed by atoms with Gasteiger partial charge in [-0.1, -0.05) is 44.7 Å². The van der Waals surface area contributed by atoms with E-state index in [0.29, 0.717) is 6.61 Å². The highest BCUT2D eigenvalue weighted by molar-refractivity contribution is 5.29. The fourth-order valence-electron chi connectivity index (χ4n) is 2.63. The van der Waals surface area contributed by atoms with E-state index in [0.717, 1.165) is 49.8 Å². The Bertz CT molecular complexity index is 413. The first kappa shape index (κ1) is 13.0. The van der Waals surface area contributed by atoms with Crippen LogP contribution in [0.1, 0.15) is 64.9 Å². The van der Waals surface area contributed by atoms with E-state index in [1.165, 1.54) is 6.42 Å². The summed E-state index contributed by atoms with van der Waals surface area (Å²) in [6, 6.07) is 7.67. The second-order valence-electron chi connectivity index (χ2n) is 5.48. The highest BCUT2D eigenvalue weighted by Gasteiger charge is 2.14. The van der Waals surface area contributed by atoms with Gasteiger partial charge in [-0.05, 0) is 42.9 Å². The fourth-order valence-corrected chi connectivity index (χ4v) is 2.63. The molecule has 2 nitrogen and oxygen atoms in total. The normalized spacial score (nSPS) is 20.6. The summed E-state index contributed by atoms with van der Waals surface area (Å²) in [4.78, 5) is 0. The highest BCUT2D eigenvalue weighted by Crippen LogP contribution is 2.26. The Balaban J connectivity index is 1.94. The van der Waals surface area contributed by atoms with Crippen LogP contribution in [0, 0.1) is 5.89 Å². The average molecular weight is 263 g/mol. The molecule has 0 bridgehead atoms. The molecule has 0 spiro atoms. The largest absolute Gasteiger partial charge is 0.493 e. The van der Waals surface area contributed by atoms with Crippen molar-refractivity contribution in [3.63, 3.8) is 0 Å². The van der Waals surface area contributed by atoms with Crippen LogP contribution in [0.2, 0.25) is 0 Å². The Morgan fingerprint density at radius 1 is 1.37 bits per heavy atom. The van der Waals surface area contributed by atoms with E-state index in [1.807, 2.05) is 24.3 Å². The van der Waals surface area contributed by atoms with Crippen LogP contribution in [-0.2, 0) is 0 Å². The summed E-state index contributed by atoms with van der Waals surface area (Å²) >= 11 is 0. The molecule has 0 saturated heterocycles. The highest BCUT2D eigenvalue weighted by atomic mass is 16.5. The van der Waals surface area contributed by atoms with Crippen LogP contribution < -0.4 is 4.74 Å². The molecule has 2 heteroatoms. The van der Waals surface area contributed by atoms with E-state index in [-0.39, 0.29) is 0 Å². The monoisotopic (exact) mass is 263 g/mol. The van der Waals surface area contributed by atoms with Gasteiger partial charge in [0.2, 0.25) is 0 Å². The lowest BCUT2D eigenvalue weighted by Crippen LogP contribution is -2.15. The number of hydrogen-bond donors (Lipinski definition) is 1. The van der Waals surface area contributed by atoms with Crippen LogP contribution in [0.4, 0.5) is 0 Å². The van der Waals surface area contributed by atoms with Crippen molar-refractivity contribution in [2.45, 2.75) is 58.0 Å². The maximum absolute atomic E-state index is 10.0. The summed E-state index contributed by atoms with van der Waals surface area (Å²) in [6.45, 7) is 2.52. The first-order chi connectivity index (χ1) is 9.63. The van der Waals surface area contributed by atoms with Gasteiger partial charge in [-0.25, -0.2) is 0 Å². The van der Waals surface area contributed by atoms with Crippen LogP contribution in [0.5, 0.6) is 5.75 Å². The maximum atomic E-state index is 10.0. The van der Waals surface area contributed by atoms with E-state index in [2.05, 4.69) is 6.92 Å². The van der Waals surface area contributed by atoms with Crippen LogP contribution in [0.3, 0.4) is 0 Å². The van der Waals surface area contributed by atoms with Gasteiger partial charge in [0.15, 0.2) is 0 Å². The third-order valence-corrected chi connectivity index (χ3v) is 3.81. The quantitative estimate of drug-likeness (QED) is 0.820. The molecule has 0 aliphatic heterocycles. The van der Waals surface area contributed by atoms with Crippen LogP contribution >= 0.6 is 0 Å². The summed E-state index contributed by atoms with van der Waals surface area (Å²) in [5.41, 5.74) is 0.909. The number of rotatable bonds is 6. The Kier molecular flexibility index (Phi) is 5.15. The Morgan fingerprint density at radius 3 is 2.89 bits per heavy atom. The number of ether oxygens (including phenoxy) is 1. The van der Waals surface area contributed by atoms with Crippen molar-refractivity contribution in [2.75, 3.05) is 6.61 Å². The zero-order valence-corrected chi connectivity index (χ0v) is 11.9. The molecule has 1 unspecified atom stereocenters. The third-order valence-electron chi connectivity index (χ3n) is 3.81. The van der Waals surface area contributed by atoms with Gasteiger partial charge in [0.1, 0.15) is 5.75 Å². The first-order valence-electron chi connectivity index (χ1n) is 8.04. The molecule has 1 aliphatic carbocycles. The average Bonchev–Trinajstić information content (AvgIpc) is 2.47. The second kappa shape index (κ2) is 7.54. The molecular formula is C17H26O2. The minimum absolute atomic E-state index is 0.414. The van der Waals surface area contributed by atoms with E-state index in [4.69, 9.17) is 6.11 Å². The van der Waals surface area contributed by atoms with Crippen molar-refractivity contribution in [1.82, 2.24) is 0 Å². The minimum Gasteiger partial charge on any atom is -0.493 e. The molecular weight excluding hydrogens is 236 g/mol. The van der Waals surface area contributed by atoms with Crippen molar-refractivity contribution in [2.24, 2.45) is 5.89 Å². The topological polar surface area (TPSA) is 29.5 Å². The van der Waals surface area contributed by atoms with Gasteiger partial charge in [0.25, 0.3) is 0 Å². The van der Waals surface area contributed by atoms with Gasteiger partial charge >= 0.3 is 0 Å². The van der Waals surface area contributed by atoms with E-state index in [1.54, 1.807) is 0 Å². The lowest BCUT2D eigenvalue weighted by atomic mass is 9.90. The zero-order valence-electron chi connectivity index (χ0n) is 12.9. The van der Waals surface area contributed by atoms with Gasteiger partial charge in [0.05, 0.1) is 12.7 Å². The number of hydrogen-bond acceptors (Lipinski definition) is 2. The van der Waals surface area contributed by atoms with Gasteiger partial charge in [-0.15, -0.1) is 0 Å². The molecule has 1 saturated carbocycles. The Morgan fingerprint density at radius 2 is 2.16 bits per heavy atom. The third kappa shape index (κ3) is 4.54. The first-order valence-corrected chi connectivity index (χ1v) is 7.54. The van der Waals surface area contributed by atoms with Gasteiger partial charge in [-0.2, -0.15) is 0 Å². The number of benzene rings is 1. The Hall–Kier alpha value is -1.02. The van der Waals surface area contributed by atoms with Crippen LogP contribution in [-0.4, -0.2) is 11.7 Å². The summed E-state index contributed by atoms with van der Waals surface area (Å²) in [5.74, 6) is 0.353. The molecule has 1 aromatic rings. The lowest BCUT2D eigenvalue weighted by Gasteiger charge is -2.22. The smallest absolute Gasteiger partial charge is 0.119 e. The summed E-state index contributed by atoms with van der Waals surface area (Å²) in [6.07, 6.45) is 6.72. The molecule has 106 valence electrons. The van der Waals surface area contributed by atoms with Gasteiger partial charge in [-0.3, -0.25) is 0 Å². The van der Waals surface area contributed by atoms with Crippen molar-refractivity contribution < 1.29 is 11.2 Å². The SMILES string of the molecule is [2H]C1(COc2cccc(C(O)CCC)c2)CCCCC1. The minimum atomic E-state index is -0.420. The molecule has 0 heterocycles. The predicted octanol–water partition coefficient (Wildman–Crippen LogP) is 4.48. The summed E-state index contributed by atoms with van der Waals surface area (Å²) < 4.78 is 14.2. The van der Waals surface area contributed by atoms with Crippen LogP contribution in [0.25, 0.3) is 0 Å². The summed E-state index contributed by atoms with van der Waals surface area (Å²) in [7, 11) is 0. The Labute approximate surface area is 118 Å². The fraction of sp³-hybridized carbons (Fsp3) is 0.647. The lowest BCUT2D eigenvalue weighted by molar-refractivity contribution is 0.165. The molecule has 1 aliphatic rings. The van der Waals surface area contributed by atoms with E-state index in [9.17, 15) is 5.11 Å². The molecule has 2 rings (SSSR count). The standard InChI is InChI=1S/C17H26O2/c1-2-7-17(18)15-10-6-11-16(12-15)19-13-14-8-4-3-5-9-14/h6,10-12,14,17-18H,2-5,7-9,13H2,1H3/i14D. The van der Waals surface area contributed by atoms with Gasteiger partial charge in [0, 0.05) is 1.37 Å². The van der Waals surface area contributed by atoms with Gasteiger partial charge < -0.3 is 9.84 Å². The van der Waals surface area contributed by atoms with Crippen molar-refractivity contribution >= 4 is 0 Å². The molecule has 1 aromatic carbocycles. The predicted molar refractivity (Wildman–Crippen MR) is 78.4 cm³/mol. The molecule has 1 atom stereocenters. The summed E-state index contributed by atoms with van der Waals surface area (Å²) in [5, 5.41) is 10.0. The zero-order chi connectivity index (χ0) is 14.4. The maximum Gasteiger partial charge on any atom is 0.119 e. The number of aliphatic hydroxyl groups excluding tert-OH is 1. The van der Waals surface area contributed by atoms with Crippen molar-refractivity contribution in [1.29, 1.82) is 0 Å². The molecule has 0 radical (unpaired) electrons. The van der Waals surface area contributed by atoms with Crippen LogP contribution in [0.15, 0.2) is 24.3 Å². The molecule has 0 aromatic heterocycles.